The number of rotatable bonds is 11. The van der Waals surface area contributed by atoms with Gasteiger partial charge in [0.1, 0.15) is 11.5 Å². The molecule has 0 saturated heterocycles. The second kappa shape index (κ2) is 24.0. The van der Waals surface area contributed by atoms with Gasteiger partial charge in [0.15, 0.2) is 0 Å². The van der Waals surface area contributed by atoms with Gasteiger partial charge in [0, 0.05) is 66.4 Å². The first-order chi connectivity index (χ1) is 45.0. The maximum Gasteiger partial charge on any atom is 0.119 e. The molecule has 4 N–H and O–H groups in total. The molecule has 6 aromatic heterocycles. The monoisotopic (exact) mass is 1230 g/mol. The molecule has 14 rings (SSSR count). The van der Waals surface area contributed by atoms with Crippen molar-refractivity contribution in [2.75, 3.05) is 13.2 Å². The Morgan fingerprint density at radius 2 is 0.564 bits per heavy atom. The van der Waals surface area contributed by atoms with Crippen molar-refractivity contribution in [1.29, 1.82) is 0 Å². The summed E-state index contributed by atoms with van der Waals surface area (Å²) >= 11 is 0. The van der Waals surface area contributed by atoms with Crippen LogP contribution in [-0.4, -0.2) is 53.1 Å². The van der Waals surface area contributed by atoms with Crippen LogP contribution in [0.1, 0.15) is 164 Å². The number of H-pyrrole nitrogens is 4. The van der Waals surface area contributed by atoms with E-state index in [1.165, 1.54) is 22.3 Å². The van der Waals surface area contributed by atoms with E-state index in [0.29, 0.717) is 13.2 Å². The van der Waals surface area contributed by atoms with Gasteiger partial charge in [-0.2, -0.15) is 0 Å². The number of aromatic nitrogens is 8. The Morgan fingerprint density at radius 1 is 0.287 bits per heavy atom. The van der Waals surface area contributed by atoms with E-state index in [2.05, 4.69) is 297 Å². The van der Waals surface area contributed by atoms with Gasteiger partial charge < -0.3 is 29.4 Å². The van der Waals surface area contributed by atoms with E-state index in [1.54, 1.807) is 0 Å². The van der Waals surface area contributed by atoms with Crippen LogP contribution >= 0.6 is 0 Å². The molecule has 0 saturated carbocycles. The average molecular weight is 1240 g/mol. The van der Waals surface area contributed by atoms with E-state index < -0.39 is 0 Å². The molecule has 4 aliphatic rings. The van der Waals surface area contributed by atoms with Crippen molar-refractivity contribution in [2.24, 2.45) is 0 Å². The predicted molar refractivity (Wildman–Crippen MR) is 394 cm³/mol. The molecule has 4 aliphatic heterocycles. The molecule has 0 atom stereocenters. The summed E-state index contributed by atoms with van der Waals surface area (Å²) in [6.45, 7) is 28.5. The maximum atomic E-state index is 6.50. The SMILES string of the molecule is CC(C)(C)c1cc(-c2c3nc(cc4ccc([nH]4)c(-c4cccc(OCCCCOc5cccc(-c6c7nc(cc8ccc([nH]8)c(-c8cc(C(C)(C)C)cc(C(C)(C)C)c8)c8nc(cc9ccc6[nH]9)C=C8)C=C7)c5)c4)c4nc(cc5ccc2[nH]5)C=C4)C=C3)cc(C(C)(C)C)c1. The quantitative estimate of drug-likeness (QED) is 0.0954. The Labute approximate surface area is 551 Å². The van der Waals surface area contributed by atoms with Crippen molar-refractivity contribution < 1.29 is 9.47 Å². The number of unbranched alkanes of at least 4 members (excludes halogenated alkanes) is 1. The number of aromatic amines is 4. The van der Waals surface area contributed by atoms with Gasteiger partial charge in [-0.1, -0.05) is 144 Å². The van der Waals surface area contributed by atoms with Crippen molar-refractivity contribution in [1.82, 2.24) is 39.9 Å². The van der Waals surface area contributed by atoms with E-state index in [9.17, 15) is 0 Å². The van der Waals surface area contributed by atoms with Gasteiger partial charge in [0.05, 0.1) is 58.8 Å². The predicted octanol–water partition coefficient (Wildman–Crippen LogP) is 21.7. The third kappa shape index (κ3) is 12.9. The van der Waals surface area contributed by atoms with Gasteiger partial charge in [0.2, 0.25) is 0 Å². The Balaban J connectivity index is 0.704. The number of ether oxygens (including phenoxy) is 2. The molecule has 10 aromatic rings. The van der Waals surface area contributed by atoms with Gasteiger partial charge in [-0.25, -0.2) is 19.9 Å². The first kappa shape index (κ1) is 61.2. The topological polar surface area (TPSA) is 133 Å². The zero-order valence-corrected chi connectivity index (χ0v) is 56.1. The number of benzene rings is 4. The zero-order valence-electron chi connectivity index (χ0n) is 56.1. The summed E-state index contributed by atoms with van der Waals surface area (Å²) in [6.07, 6.45) is 18.5. The number of nitrogens with zero attached hydrogens (tertiary/aromatic N) is 4. The lowest BCUT2D eigenvalue weighted by atomic mass is 9.78. The largest absolute Gasteiger partial charge is 0.494 e. The van der Waals surface area contributed by atoms with Gasteiger partial charge in [-0.15, -0.1) is 0 Å². The first-order valence-corrected chi connectivity index (χ1v) is 33.0. The molecular formula is C84H82N8O2. The maximum absolute atomic E-state index is 6.50. The third-order valence-electron chi connectivity index (χ3n) is 18.0. The number of hydrogen-bond acceptors (Lipinski definition) is 6. The summed E-state index contributed by atoms with van der Waals surface area (Å²) in [5, 5.41) is 0. The molecular weight excluding hydrogens is 1150 g/mol. The Bertz CT molecular complexity index is 4760. The molecule has 0 radical (unpaired) electrons. The van der Waals surface area contributed by atoms with Crippen LogP contribution in [-0.2, 0) is 21.7 Å². The van der Waals surface area contributed by atoms with Crippen molar-refractivity contribution in [3.63, 3.8) is 0 Å². The normalized spacial score (nSPS) is 13.1. The molecule has 10 nitrogen and oxygen atoms in total. The van der Waals surface area contributed by atoms with E-state index in [0.717, 1.165) is 159 Å². The van der Waals surface area contributed by atoms with E-state index in [4.69, 9.17) is 29.4 Å². The first-order valence-electron chi connectivity index (χ1n) is 33.0. The second-order valence-electron chi connectivity index (χ2n) is 29.5. The lowest BCUT2D eigenvalue weighted by Gasteiger charge is -2.26. The summed E-state index contributed by atoms with van der Waals surface area (Å²) < 4.78 is 13.0. The average Bonchev–Trinajstić information content (AvgIpc) is 1.32. The summed E-state index contributed by atoms with van der Waals surface area (Å²) in [6, 6.07) is 56.3. The highest BCUT2D eigenvalue weighted by Gasteiger charge is 2.26. The minimum Gasteiger partial charge on any atom is -0.494 e. The molecule has 4 aromatic carbocycles. The molecule has 0 amide bonds. The molecule has 0 spiro atoms. The van der Waals surface area contributed by atoms with Crippen LogP contribution in [0.4, 0.5) is 0 Å². The molecule has 0 fully saturated rings. The van der Waals surface area contributed by atoms with Crippen LogP contribution in [0.3, 0.4) is 0 Å². The summed E-state index contributed by atoms with van der Waals surface area (Å²) in [5.74, 6) is 1.58. The van der Waals surface area contributed by atoms with Gasteiger partial charge >= 0.3 is 0 Å². The molecule has 94 heavy (non-hydrogen) atoms. The van der Waals surface area contributed by atoms with Crippen molar-refractivity contribution in [3.8, 4) is 56.0 Å². The standard InChI is InChI=1S/C84H82N8O2/c1-81(2,3)55-39-53(40-56(45-55)82(4,5)6)79-73-33-25-63(89-73)47-59-21-29-69(85-59)77(70-30-22-60(86-70)48-64-26-34-74(79)90-64)51-17-15-19-67(43-51)93-37-13-14-38-94-68-20-16-18-52(44-68)78-71-31-23-61(87-71)49-65-27-35-75(91-65)80(76-36-28-66(92-76)50-62-24-32-72(78)88-62)54-41-57(83(7,8)9)46-58(42-54)84(10,11)12/h15-36,39-50,85,87,90,92H,13-14,37-38H2,1-12H3. The second-order valence-corrected chi connectivity index (χ2v) is 29.5. The smallest absolute Gasteiger partial charge is 0.119 e. The minimum atomic E-state index is -0.0414. The lowest BCUT2D eigenvalue weighted by Crippen LogP contribution is -2.16. The van der Waals surface area contributed by atoms with Crippen LogP contribution in [0.15, 0.2) is 158 Å². The van der Waals surface area contributed by atoms with Gasteiger partial charge in [0.25, 0.3) is 0 Å². The fourth-order valence-corrected chi connectivity index (χ4v) is 12.7. The number of nitrogens with one attached hydrogen (secondary N) is 4. The molecule has 10 heteroatoms. The zero-order chi connectivity index (χ0) is 65.3. The van der Waals surface area contributed by atoms with Crippen molar-refractivity contribution in [3.05, 3.63) is 226 Å². The van der Waals surface area contributed by atoms with E-state index in [-0.39, 0.29) is 21.7 Å². The molecule has 0 unspecified atom stereocenters. The fraction of sp³-hybridized carbons (Fsp3) is 0.238. The summed E-state index contributed by atoms with van der Waals surface area (Å²) in [4.78, 5) is 36.0. The Hall–Kier alpha value is -10.3. The number of hydrogen-bond donors (Lipinski definition) is 4. The van der Waals surface area contributed by atoms with Crippen LogP contribution < -0.4 is 9.47 Å². The lowest BCUT2D eigenvalue weighted by molar-refractivity contribution is 0.266. The fourth-order valence-electron chi connectivity index (χ4n) is 12.7. The highest BCUT2D eigenvalue weighted by molar-refractivity contribution is 5.96. The van der Waals surface area contributed by atoms with Crippen molar-refractivity contribution >= 4 is 92.7 Å². The Morgan fingerprint density at radius 3 is 0.840 bits per heavy atom. The Kier molecular flexibility index (Phi) is 15.6. The van der Waals surface area contributed by atoms with Gasteiger partial charge in [-0.05, 0) is 225 Å². The van der Waals surface area contributed by atoms with Crippen LogP contribution in [0.2, 0.25) is 0 Å². The molecule has 16 bridgehead atoms. The molecule has 0 aliphatic carbocycles. The number of fused-ring (bicyclic) bond motifs is 16. The third-order valence-corrected chi connectivity index (χ3v) is 18.0. The summed E-state index contributed by atoms with van der Waals surface area (Å²) in [5.41, 5.74) is 28.1. The van der Waals surface area contributed by atoms with E-state index >= 15 is 0 Å². The summed E-state index contributed by atoms with van der Waals surface area (Å²) in [7, 11) is 0. The molecule has 470 valence electrons. The van der Waals surface area contributed by atoms with Crippen LogP contribution in [0.25, 0.3) is 137 Å². The van der Waals surface area contributed by atoms with Crippen LogP contribution in [0, 0.1) is 0 Å². The minimum absolute atomic E-state index is 0.0414. The molecule has 10 heterocycles. The van der Waals surface area contributed by atoms with E-state index in [1.807, 2.05) is 12.1 Å². The van der Waals surface area contributed by atoms with Gasteiger partial charge in [-0.3, -0.25) is 0 Å². The van der Waals surface area contributed by atoms with Crippen molar-refractivity contribution in [2.45, 2.75) is 118 Å². The van der Waals surface area contributed by atoms with Crippen LogP contribution in [0.5, 0.6) is 11.5 Å². The highest BCUT2D eigenvalue weighted by atomic mass is 16.5. The highest BCUT2D eigenvalue weighted by Crippen LogP contribution is 2.41.